The van der Waals surface area contributed by atoms with Gasteiger partial charge >= 0.3 is 0 Å². The van der Waals surface area contributed by atoms with Crippen LogP contribution in [-0.2, 0) is 22.4 Å². The molecule has 1 aliphatic heterocycles. The highest BCUT2D eigenvalue weighted by Gasteiger charge is 2.28. The van der Waals surface area contributed by atoms with Crippen LogP contribution in [0.1, 0.15) is 24.7 Å². The monoisotopic (exact) mass is 397 g/mol. The molecule has 5 rings (SSSR count). The Morgan fingerprint density at radius 3 is 2.47 bits per heavy atom. The molecule has 148 valence electrons. The van der Waals surface area contributed by atoms with Gasteiger partial charge in [0.15, 0.2) is 5.82 Å². The first kappa shape index (κ1) is 18.2. The third-order valence-electron chi connectivity index (χ3n) is 5.43. The molecule has 0 bridgehead atoms. The summed E-state index contributed by atoms with van der Waals surface area (Å²) in [6.07, 6.45) is 0.848. The number of amides is 1. The molecular formula is C23H19N5O2. The second kappa shape index (κ2) is 7.18. The molecule has 0 saturated heterocycles. The summed E-state index contributed by atoms with van der Waals surface area (Å²) in [4.78, 5) is 27.1. The topological polar surface area (TPSA) is 81.0 Å². The fraction of sp³-hybridized carbons (Fsp3) is 0.174. The Morgan fingerprint density at radius 1 is 0.900 bits per heavy atom. The molecule has 7 heteroatoms. The Bertz CT molecular complexity index is 1280. The maximum Gasteiger partial charge on any atom is 0.239 e. The average molecular weight is 397 g/mol. The van der Waals surface area contributed by atoms with E-state index in [4.69, 9.17) is 0 Å². The van der Waals surface area contributed by atoms with Gasteiger partial charge < -0.3 is 0 Å². The molecule has 2 heterocycles. The van der Waals surface area contributed by atoms with Crippen LogP contribution in [0.5, 0.6) is 0 Å². The number of carbonyl (C=O) groups is 2. The standard InChI is InChI=1S/C23H19N5O2/c1-2-22-24-25-26-28(22)17-10-8-16(9-11-17)27-21-12-7-15-5-3-4-6-19(15)20(21)13-18(29)14-23(27)30/h3-12H,2,13-14H2,1H3. The Kier molecular flexibility index (Phi) is 4.35. The van der Waals surface area contributed by atoms with Gasteiger partial charge in [-0.1, -0.05) is 37.3 Å². The molecule has 4 aromatic rings. The van der Waals surface area contributed by atoms with Gasteiger partial charge in [0, 0.05) is 18.5 Å². The van der Waals surface area contributed by atoms with E-state index in [1.54, 1.807) is 9.58 Å². The lowest BCUT2D eigenvalue weighted by Gasteiger charge is -2.24. The van der Waals surface area contributed by atoms with Gasteiger partial charge in [0.2, 0.25) is 5.91 Å². The lowest BCUT2D eigenvalue weighted by molar-refractivity contribution is -0.125. The largest absolute Gasteiger partial charge is 0.299 e. The Hall–Kier alpha value is -3.87. The molecule has 0 N–H and O–H groups in total. The number of aromatic nitrogens is 4. The molecule has 0 atom stereocenters. The van der Waals surface area contributed by atoms with Crippen LogP contribution in [0.3, 0.4) is 0 Å². The van der Waals surface area contributed by atoms with E-state index >= 15 is 0 Å². The number of rotatable bonds is 3. The first-order valence-corrected chi connectivity index (χ1v) is 9.88. The molecule has 0 fully saturated rings. The summed E-state index contributed by atoms with van der Waals surface area (Å²) in [5, 5.41) is 13.8. The molecule has 30 heavy (non-hydrogen) atoms. The number of hydrogen-bond acceptors (Lipinski definition) is 5. The molecule has 1 amide bonds. The summed E-state index contributed by atoms with van der Waals surface area (Å²) in [7, 11) is 0. The molecular weight excluding hydrogens is 378 g/mol. The van der Waals surface area contributed by atoms with Crippen molar-refractivity contribution in [3.05, 3.63) is 72.1 Å². The smallest absolute Gasteiger partial charge is 0.239 e. The number of anilines is 2. The van der Waals surface area contributed by atoms with E-state index in [-0.39, 0.29) is 24.5 Å². The summed E-state index contributed by atoms with van der Waals surface area (Å²) in [5.74, 6) is 0.465. The number of Topliss-reactive ketones (excluding diaryl/α,β-unsaturated/α-hetero) is 1. The van der Waals surface area contributed by atoms with E-state index in [9.17, 15) is 9.59 Å². The number of tetrazole rings is 1. The molecule has 0 radical (unpaired) electrons. The van der Waals surface area contributed by atoms with Crippen molar-refractivity contribution < 1.29 is 9.59 Å². The van der Waals surface area contributed by atoms with Crippen LogP contribution in [0.25, 0.3) is 16.5 Å². The Labute approximate surface area is 172 Å². The highest BCUT2D eigenvalue weighted by atomic mass is 16.2. The summed E-state index contributed by atoms with van der Waals surface area (Å²) >= 11 is 0. The highest BCUT2D eigenvalue weighted by molar-refractivity contribution is 6.14. The number of fused-ring (bicyclic) bond motifs is 3. The predicted molar refractivity (Wildman–Crippen MR) is 113 cm³/mol. The van der Waals surface area contributed by atoms with Crippen LogP contribution in [-0.4, -0.2) is 31.9 Å². The van der Waals surface area contributed by atoms with E-state index in [1.165, 1.54) is 0 Å². The third kappa shape index (κ3) is 2.95. The molecule has 0 aliphatic carbocycles. The van der Waals surface area contributed by atoms with E-state index in [0.29, 0.717) is 12.1 Å². The van der Waals surface area contributed by atoms with Gasteiger partial charge in [0.25, 0.3) is 0 Å². The SMILES string of the molecule is CCc1nnnn1-c1ccc(N2C(=O)CC(=O)Cc3c2ccc2ccccc32)cc1. The first-order chi connectivity index (χ1) is 14.7. The Morgan fingerprint density at radius 2 is 1.67 bits per heavy atom. The predicted octanol–water partition coefficient (Wildman–Crippen LogP) is 3.56. The number of aryl methyl sites for hydroxylation is 1. The van der Waals surface area contributed by atoms with Gasteiger partial charge in [-0.2, -0.15) is 4.68 Å². The van der Waals surface area contributed by atoms with Crippen LogP contribution < -0.4 is 4.90 Å². The highest BCUT2D eigenvalue weighted by Crippen LogP contribution is 2.37. The quantitative estimate of drug-likeness (QED) is 0.494. The second-order valence-corrected chi connectivity index (χ2v) is 7.28. The van der Waals surface area contributed by atoms with Crippen molar-refractivity contribution in [2.45, 2.75) is 26.2 Å². The van der Waals surface area contributed by atoms with Crippen molar-refractivity contribution in [1.82, 2.24) is 20.2 Å². The molecule has 3 aromatic carbocycles. The van der Waals surface area contributed by atoms with Gasteiger partial charge in [-0.3, -0.25) is 14.5 Å². The maximum absolute atomic E-state index is 13.0. The van der Waals surface area contributed by atoms with Crippen molar-refractivity contribution in [3.63, 3.8) is 0 Å². The van der Waals surface area contributed by atoms with Crippen molar-refractivity contribution in [2.24, 2.45) is 0 Å². The zero-order chi connectivity index (χ0) is 20.7. The second-order valence-electron chi connectivity index (χ2n) is 7.28. The fourth-order valence-corrected chi connectivity index (χ4v) is 4.01. The lowest BCUT2D eigenvalue weighted by Crippen LogP contribution is -2.26. The number of nitrogens with zero attached hydrogens (tertiary/aromatic N) is 5. The van der Waals surface area contributed by atoms with E-state index < -0.39 is 0 Å². The number of ketones is 1. The van der Waals surface area contributed by atoms with Gasteiger partial charge in [-0.05, 0) is 57.1 Å². The summed E-state index contributed by atoms with van der Waals surface area (Å²) in [6, 6.07) is 19.4. The van der Waals surface area contributed by atoms with E-state index in [1.807, 2.05) is 67.6 Å². The first-order valence-electron chi connectivity index (χ1n) is 9.88. The summed E-state index contributed by atoms with van der Waals surface area (Å²) in [6.45, 7) is 1.99. The molecule has 0 saturated carbocycles. The number of carbonyl (C=O) groups excluding carboxylic acids is 2. The minimum atomic E-state index is -0.224. The van der Waals surface area contributed by atoms with E-state index in [2.05, 4.69) is 15.5 Å². The maximum atomic E-state index is 13.0. The van der Waals surface area contributed by atoms with Crippen molar-refractivity contribution in [2.75, 3.05) is 4.90 Å². The number of hydrogen-bond donors (Lipinski definition) is 0. The normalized spacial score (nSPS) is 14.1. The lowest BCUT2D eigenvalue weighted by atomic mass is 9.98. The van der Waals surface area contributed by atoms with Gasteiger partial charge in [-0.25, -0.2) is 0 Å². The molecule has 0 unspecified atom stereocenters. The molecule has 1 aliphatic rings. The zero-order valence-electron chi connectivity index (χ0n) is 16.4. The van der Waals surface area contributed by atoms with Crippen LogP contribution in [0.2, 0.25) is 0 Å². The minimum absolute atomic E-state index is 0.0713. The van der Waals surface area contributed by atoms with Crippen molar-refractivity contribution in [1.29, 1.82) is 0 Å². The average Bonchev–Trinajstić information content (AvgIpc) is 3.19. The van der Waals surface area contributed by atoms with Gasteiger partial charge in [0.05, 0.1) is 17.8 Å². The zero-order valence-corrected chi connectivity index (χ0v) is 16.4. The minimum Gasteiger partial charge on any atom is -0.299 e. The van der Waals surface area contributed by atoms with Crippen LogP contribution >= 0.6 is 0 Å². The molecule has 7 nitrogen and oxygen atoms in total. The Balaban J connectivity index is 1.63. The molecule has 0 spiro atoms. The van der Waals surface area contributed by atoms with Crippen LogP contribution in [0.15, 0.2) is 60.7 Å². The van der Waals surface area contributed by atoms with Crippen molar-refractivity contribution >= 4 is 33.8 Å². The summed E-state index contributed by atoms with van der Waals surface area (Å²) < 4.78 is 1.68. The van der Waals surface area contributed by atoms with Crippen molar-refractivity contribution in [3.8, 4) is 5.69 Å². The fourth-order valence-electron chi connectivity index (χ4n) is 4.01. The van der Waals surface area contributed by atoms with Crippen LogP contribution in [0.4, 0.5) is 11.4 Å². The number of benzene rings is 3. The third-order valence-corrected chi connectivity index (χ3v) is 5.43. The summed E-state index contributed by atoms with van der Waals surface area (Å²) in [5.41, 5.74) is 3.18. The van der Waals surface area contributed by atoms with Gasteiger partial charge in [-0.15, -0.1) is 5.10 Å². The van der Waals surface area contributed by atoms with Crippen LogP contribution in [0, 0.1) is 0 Å². The molecule has 1 aromatic heterocycles. The van der Waals surface area contributed by atoms with Gasteiger partial charge in [0.1, 0.15) is 5.78 Å². The van der Waals surface area contributed by atoms with E-state index in [0.717, 1.165) is 33.5 Å².